The summed E-state index contributed by atoms with van der Waals surface area (Å²) in [5, 5.41) is 0. The van der Waals surface area contributed by atoms with Crippen LogP contribution in [0.2, 0.25) is 0 Å². The van der Waals surface area contributed by atoms with Crippen LogP contribution in [-0.4, -0.2) is 0 Å². The van der Waals surface area contributed by atoms with E-state index in [9.17, 15) is 8.78 Å². The van der Waals surface area contributed by atoms with Crippen molar-refractivity contribution in [1.29, 1.82) is 0 Å². The first-order chi connectivity index (χ1) is 6.45. The van der Waals surface area contributed by atoms with Crippen LogP contribution in [0.15, 0.2) is 12.1 Å². The lowest BCUT2D eigenvalue weighted by molar-refractivity contribution is 0.452. The normalized spacial score (nSPS) is 13.4. The van der Waals surface area contributed by atoms with Crippen LogP contribution in [0.25, 0.3) is 0 Å². The maximum Gasteiger partial charge on any atom is 0.133 e. The van der Waals surface area contributed by atoms with Crippen LogP contribution in [0, 0.1) is 24.5 Å². The molecule has 3 heteroatoms. The lowest BCUT2D eigenvalue weighted by atomic mass is 9.94. The fraction of sp³-hybridized carbons (Fsp3) is 0.455. The van der Waals surface area contributed by atoms with E-state index >= 15 is 0 Å². The van der Waals surface area contributed by atoms with E-state index in [2.05, 4.69) is 0 Å². The van der Waals surface area contributed by atoms with Crippen LogP contribution in [0.4, 0.5) is 8.78 Å². The SMILES string of the molecule is Cc1ccc(F)c(C(N)C(C)C)c1F. The van der Waals surface area contributed by atoms with Crippen LogP contribution >= 0.6 is 0 Å². The quantitative estimate of drug-likeness (QED) is 0.778. The van der Waals surface area contributed by atoms with Gasteiger partial charge in [0.1, 0.15) is 11.6 Å². The summed E-state index contributed by atoms with van der Waals surface area (Å²) in [4.78, 5) is 0. The molecule has 0 saturated heterocycles. The van der Waals surface area contributed by atoms with Crippen molar-refractivity contribution in [3.63, 3.8) is 0 Å². The Labute approximate surface area is 82.9 Å². The van der Waals surface area contributed by atoms with E-state index in [0.29, 0.717) is 5.56 Å². The van der Waals surface area contributed by atoms with E-state index in [0.717, 1.165) is 0 Å². The number of benzene rings is 1. The molecule has 0 radical (unpaired) electrons. The highest BCUT2D eigenvalue weighted by atomic mass is 19.1. The lowest BCUT2D eigenvalue weighted by Gasteiger charge is -2.18. The first kappa shape index (κ1) is 11.1. The number of halogens is 2. The molecule has 0 spiro atoms. The summed E-state index contributed by atoms with van der Waals surface area (Å²) < 4.78 is 26.9. The average Bonchev–Trinajstić information content (AvgIpc) is 2.12. The highest BCUT2D eigenvalue weighted by Crippen LogP contribution is 2.26. The van der Waals surface area contributed by atoms with Gasteiger partial charge < -0.3 is 5.73 Å². The Balaban J connectivity index is 3.25. The third kappa shape index (κ3) is 1.93. The van der Waals surface area contributed by atoms with E-state index in [-0.39, 0.29) is 11.5 Å². The Morgan fingerprint density at radius 3 is 2.29 bits per heavy atom. The van der Waals surface area contributed by atoms with Gasteiger partial charge in [0, 0.05) is 11.6 Å². The molecule has 1 nitrogen and oxygen atoms in total. The molecule has 2 N–H and O–H groups in total. The van der Waals surface area contributed by atoms with Crippen molar-refractivity contribution in [1.82, 2.24) is 0 Å². The molecule has 1 aromatic carbocycles. The van der Waals surface area contributed by atoms with Crippen molar-refractivity contribution in [3.8, 4) is 0 Å². The third-order valence-corrected chi connectivity index (χ3v) is 2.37. The zero-order valence-electron chi connectivity index (χ0n) is 8.64. The van der Waals surface area contributed by atoms with Gasteiger partial charge in [0.05, 0.1) is 0 Å². The Kier molecular flexibility index (Phi) is 3.21. The lowest BCUT2D eigenvalue weighted by Crippen LogP contribution is -2.20. The maximum atomic E-state index is 13.6. The first-order valence-corrected chi connectivity index (χ1v) is 4.65. The summed E-state index contributed by atoms with van der Waals surface area (Å²) in [6.07, 6.45) is 0. The summed E-state index contributed by atoms with van der Waals surface area (Å²) in [5.74, 6) is -1.07. The average molecular weight is 199 g/mol. The second-order valence-corrected chi connectivity index (χ2v) is 3.86. The number of rotatable bonds is 2. The molecule has 0 aromatic heterocycles. The summed E-state index contributed by atoms with van der Waals surface area (Å²) in [5.41, 5.74) is 6.16. The zero-order valence-corrected chi connectivity index (χ0v) is 8.64. The largest absolute Gasteiger partial charge is 0.324 e. The fourth-order valence-electron chi connectivity index (χ4n) is 1.32. The Bertz CT molecular complexity index is 334. The molecule has 0 fully saturated rings. The van der Waals surface area contributed by atoms with Crippen LogP contribution in [0.1, 0.15) is 31.0 Å². The van der Waals surface area contributed by atoms with Gasteiger partial charge in [-0.05, 0) is 24.5 Å². The van der Waals surface area contributed by atoms with E-state index in [1.165, 1.54) is 12.1 Å². The number of nitrogens with two attached hydrogens (primary N) is 1. The molecule has 0 aliphatic carbocycles. The molecule has 0 heterocycles. The number of aryl methyl sites for hydroxylation is 1. The molecule has 0 bridgehead atoms. The van der Waals surface area contributed by atoms with Gasteiger partial charge in [-0.15, -0.1) is 0 Å². The van der Waals surface area contributed by atoms with Gasteiger partial charge in [-0.3, -0.25) is 0 Å². The van der Waals surface area contributed by atoms with E-state index in [1.807, 2.05) is 13.8 Å². The Morgan fingerprint density at radius 2 is 1.79 bits per heavy atom. The topological polar surface area (TPSA) is 26.0 Å². The highest BCUT2D eigenvalue weighted by molar-refractivity contribution is 5.29. The first-order valence-electron chi connectivity index (χ1n) is 4.65. The van der Waals surface area contributed by atoms with Crippen molar-refractivity contribution in [3.05, 3.63) is 34.9 Å². The van der Waals surface area contributed by atoms with Crippen molar-refractivity contribution in [2.75, 3.05) is 0 Å². The maximum absolute atomic E-state index is 13.6. The van der Waals surface area contributed by atoms with Crippen LogP contribution < -0.4 is 5.73 Å². The van der Waals surface area contributed by atoms with Crippen LogP contribution in [0.5, 0.6) is 0 Å². The van der Waals surface area contributed by atoms with E-state index in [1.54, 1.807) is 6.92 Å². The van der Waals surface area contributed by atoms with Gasteiger partial charge in [0.25, 0.3) is 0 Å². The van der Waals surface area contributed by atoms with Crippen molar-refractivity contribution in [2.24, 2.45) is 11.7 Å². The van der Waals surface area contributed by atoms with Crippen molar-refractivity contribution < 1.29 is 8.78 Å². The molecule has 78 valence electrons. The monoisotopic (exact) mass is 199 g/mol. The van der Waals surface area contributed by atoms with Crippen molar-refractivity contribution >= 4 is 0 Å². The summed E-state index contributed by atoms with van der Waals surface area (Å²) in [6.45, 7) is 5.28. The van der Waals surface area contributed by atoms with Crippen molar-refractivity contribution in [2.45, 2.75) is 26.8 Å². The van der Waals surface area contributed by atoms with E-state index < -0.39 is 17.7 Å². The summed E-state index contributed by atoms with van der Waals surface area (Å²) in [6, 6.07) is 2.09. The minimum absolute atomic E-state index is 0.000000000000000222. The second kappa shape index (κ2) is 4.05. The second-order valence-electron chi connectivity index (χ2n) is 3.86. The fourth-order valence-corrected chi connectivity index (χ4v) is 1.32. The molecular weight excluding hydrogens is 184 g/mol. The Hall–Kier alpha value is -0.960. The molecule has 1 unspecified atom stereocenters. The van der Waals surface area contributed by atoms with Crippen LogP contribution in [0.3, 0.4) is 0 Å². The predicted octanol–water partition coefficient (Wildman–Crippen LogP) is 2.93. The molecule has 0 aliphatic heterocycles. The van der Waals surface area contributed by atoms with Gasteiger partial charge in [-0.2, -0.15) is 0 Å². The Morgan fingerprint density at radius 1 is 1.21 bits per heavy atom. The van der Waals surface area contributed by atoms with E-state index in [4.69, 9.17) is 5.73 Å². The molecule has 0 aliphatic rings. The van der Waals surface area contributed by atoms with Crippen LogP contribution in [-0.2, 0) is 0 Å². The van der Waals surface area contributed by atoms with Gasteiger partial charge in [-0.25, -0.2) is 8.78 Å². The number of hydrogen-bond donors (Lipinski definition) is 1. The van der Waals surface area contributed by atoms with Gasteiger partial charge in [0.15, 0.2) is 0 Å². The molecule has 0 saturated carbocycles. The molecule has 1 rings (SSSR count). The standard InChI is InChI=1S/C11H15F2N/c1-6(2)11(14)9-8(12)5-4-7(3)10(9)13/h4-6,11H,14H2,1-3H3. The van der Waals surface area contributed by atoms with Gasteiger partial charge in [-0.1, -0.05) is 19.9 Å². The molecule has 14 heavy (non-hydrogen) atoms. The van der Waals surface area contributed by atoms with Gasteiger partial charge in [0.2, 0.25) is 0 Å². The zero-order chi connectivity index (χ0) is 10.9. The highest BCUT2D eigenvalue weighted by Gasteiger charge is 2.20. The number of hydrogen-bond acceptors (Lipinski definition) is 1. The minimum Gasteiger partial charge on any atom is -0.324 e. The predicted molar refractivity (Wildman–Crippen MR) is 52.9 cm³/mol. The smallest absolute Gasteiger partial charge is 0.133 e. The molecule has 1 aromatic rings. The molecule has 0 amide bonds. The molecular formula is C11H15F2N. The summed E-state index contributed by atoms with van der Waals surface area (Å²) in [7, 11) is 0. The third-order valence-electron chi connectivity index (χ3n) is 2.37. The van der Waals surface area contributed by atoms with Gasteiger partial charge >= 0.3 is 0 Å². The summed E-state index contributed by atoms with van der Waals surface area (Å²) >= 11 is 0. The molecule has 1 atom stereocenters. The minimum atomic E-state index is -0.588.